The first-order valence-electron chi connectivity index (χ1n) is 5.60. The number of hydrogen-bond donors (Lipinski definition) is 2. The summed E-state index contributed by atoms with van der Waals surface area (Å²) in [5.41, 5.74) is 2.13. The summed E-state index contributed by atoms with van der Waals surface area (Å²) in [7, 11) is 0. The number of pyridine rings is 1. The van der Waals surface area contributed by atoms with E-state index in [1.54, 1.807) is 18.0 Å². The molecule has 2 N–H and O–H groups in total. The second kappa shape index (κ2) is 6.52. The molecule has 2 rings (SSSR count). The summed E-state index contributed by atoms with van der Waals surface area (Å²) in [6.07, 6.45) is 1.13. The molecule has 0 spiro atoms. The van der Waals surface area contributed by atoms with Crippen LogP contribution in [0.25, 0.3) is 10.9 Å². The Balaban J connectivity index is 2.17. The maximum absolute atomic E-state index is 9.31. The Hall–Kier alpha value is -0.620. The molecule has 18 heavy (non-hydrogen) atoms. The molecule has 0 saturated carbocycles. The first-order valence-corrected chi connectivity index (χ1v) is 7.55. The quantitative estimate of drug-likeness (QED) is 0.886. The topological polar surface area (TPSA) is 53.4 Å². The molecule has 5 heteroatoms. The Morgan fingerprint density at radius 2 is 2.22 bits per heavy atom. The van der Waals surface area contributed by atoms with Gasteiger partial charge < -0.3 is 10.2 Å². The highest BCUT2D eigenvalue weighted by Crippen LogP contribution is 2.25. The van der Waals surface area contributed by atoms with E-state index in [9.17, 15) is 5.11 Å². The summed E-state index contributed by atoms with van der Waals surface area (Å²) in [5.74, 6) is 1.29. The lowest BCUT2D eigenvalue weighted by Gasteiger charge is -2.09. The highest BCUT2D eigenvalue weighted by molar-refractivity contribution is 9.10. The molecule has 1 aromatic carbocycles. The van der Waals surface area contributed by atoms with E-state index in [0.717, 1.165) is 26.7 Å². The molecule has 1 heterocycles. The lowest BCUT2D eigenvalue weighted by molar-refractivity contribution is 0.113. The van der Waals surface area contributed by atoms with Crippen LogP contribution in [0.4, 0.5) is 0 Å². The number of fused-ring (bicyclic) bond motifs is 1. The third kappa shape index (κ3) is 3.45. The van der Waals surface area contributed by atoms with E-state index in [-0.39, 0.29) is 6.61 Å². The van der Waals surface area contributed by atoms with Crippen LogP contribution in [0.1, 0.15) is 5.56 Å². The molecule has 1 aromatic heterocycles. The first kappa shape index (κ1) is 13.8. The van der Waals surface area contributed by atoms with Crippen LogP contribution in [0, 0.1) is 0 Å². The van der Waals surface area contributed by atoms with Crippen LogP contribution in [-0.2, 0) is 5.75 Å². The smallest absolute Gasteiger partial charge is 0.0861 e. The average molecular weight is 328 g/mol. The molecule has 0 aliphatic carbocycles. The number of nitrogens with zero attached hydrogens (tertiary/aromatic N) is 1. The third-order valence-corrected chi connectivity index (χ3v) is 4.12. The van der Waals surface area contributed by atoms with Gasteiger partial charge in [0.1, 0.15) is 0 Å². The number of aliphatic hydroxyl groups is 2. The fourth-order valence-corrected chi connectivity index (χ4v) is 3.15. The molecule has 0 aliphatic rings. The standard InChI is InChI=1S/C13H14BrNO2S/c14-11-4-9-2-1-3-15-13(9)10(5-11)7-18-8-12(17)6-16/h1-5,12,16-17H,6-8H2/t12-/m1/s1. The van der Waals surface area contributed by atoms with Gasteiger partial charge in [0.15, 0.2) is 0 Å². The molecular formula is C13H14BrNO2S. The lowest BCUT2D eigenvalue weighted by Crippen LogP contribution is -2.14. The van der Waals surface area contributed by atoms with Crippen molar-refractivity contribution in [2.75, 3.05) is 12.4 Å². The number of halogens is 1. The molecule has 0 unspecified atom stereocenters. The molecule has 96 valence electrons. The molecule has 1 atom stereocenters. The van der Waals surface area contributed by atoms with E-state index in [4.69, 9.17) is 5.11 Å². The van der Waals surface area contributed by atoms with Gasteiger partial charge in [-0.15, -0.1) is 0 Å². The summed E-state index contributed by atoms with van der Waals surface area (Å²) >= 11 is 5.08. The van der Waals surface area contributed by atoms with Crippen LogP contribution >= 0.6 is 27.7 Å². The fraction of sp³-hybridized carbons (Fsp3) is 0.308. The minimum absolute atomic E-state index is 0.190. The van der Waals surface area contributed by atoms with E-state index in [0.29, 0.717) is 5.75 Å². The summed E-state index contributed by atoms with van der Waals surface area (Å²) in [5, 5.41) is 19.2. The zero-order chi connectivity index (χ0) is 13.0. The van der Waals surface area contributed by atoms with Gasteiger partial charge in [0.25, 0.3) is 0 Å². The maximum atomic E-state index is 9.31. The van der Waals surface area contributed by atoms with Gasteiger partial charge in [-0.25, -0.2) is 0 Å². The van der Waals surface area contributed by atoms with Crippen molar-refractivity contribution >= 4 is 38.6 Å². The van der Waals surface area contributed by atoms with Crippen molar-refractivity contribution in [3.8, 4) is 0 Å². The number of thioether (sulfide) groups is 1. The van der Waals surface area contributed by atoms with Crippen molar-refractivity contribution in [3.05, 3.63) is 40.5 Å². The molecule has 2 aromatic rings. The molecule has 3 nitrogen and oxygen atoms in total. The normalized spacial score (nSPS) is 12.8. The van der Waals surface area contributed by atoms with Gasteiger partial charge in [-0.1, -0.05) is 22.0 Å². The van der Waals surface area contributed by atoms with E-state index in [2.05, 4.69) is 20.9 Å². The Kier molecular flexibility index (Phi) is 5.00. The van der Waals surface area contributed by atoms with Crippen LogP contribution < -0.4 is 0 Å². The van der Waals surface area contributed by atoms with Gasteiger partial charge in [0.05, 0.1) is 18.2 Å². The van der Waals surface area contributed by atoms with Crippen molar-refractivity contribution in [2.45, 2.75) is 11.9 Å². The van der Waals surface area contributed by atoms with Crippen molar-refractivity contribution in [2.24, 2.45) is 0 Å². The fourth-order valence-electron chi connectivity index (χ4n) is 1.70. The molecule has 0 radical (unpaired) electrons. The van der Waals surface area contributed by atoms with E-state index in [1.165, 1.54) is 0 Å². The summed E-state index contributed by atoms with van der Waals surface area (Å²) in [6.45, 7) is -0.190. The predicted molar refractivity (Wildman–Crippen MR) is 78.7 cm³/mol. The van der Waals surface area contributed by atoms with Crippen LogP contribution in [0.2, 0.25) is 0 Å². The number of hydrogen-bond acceptors (Lipinski definition) is 4. The Bertz CT molecular complexity index is 535. The largest absolute Gasteiger partial charge is 0.394 e. The van der Waals surface area contributed by atoms with Crippen molar-refractivity contribution in [1.29, 1.82) is 0 Å². The zero-order valence-electron chi connectivity index (χ0n) is 9.71. The van der Waals surface area contributed by atoms with Crippen LogP contribution in [0.5, 0.6) is 0 Å². The average Bonchev–Trinajstić information content (AvgIpc) is 2.38. The highest BCUT2D eigenvalue weighted by atomic mass is 79.9. The van der Waals surface area contributed by atoms with Crippen molar-refractivity contribution < 1.29 is 10.2 Å². The third-order valence-electron chi connectivity index (χ3n) is 2.53. The molecular weight excluding hydrogens is 314 g/mol. The van der Waals surface area contributed by atoms with Gasteiger partial charge in [-0.3, -0.25) is 4.98 Å². The number of aliphatic hydroxyl groups excluding tert-OH is 2. The molecule has 0 amide bonds. The summed E-state index contributed by atoms with van der Waals surface area (Å²) in [4.78, 5) is 4.39. The number of benzene rings is 1. The summed E-state index contributed by atoms with van der Waals surface area (Å²) in [6, 6.07) is 8.04. The van der Waals surface area contributed by atoms with Gasteiger partial charge in [0, 0.05) is 27.6 Å². The van der Waals surface area contributed by atoms with E-state index < -0.39 is 6.10 Å². The SMILES string of the molecule is OC[C@@H](O)CSCc1cc(Br)cc2cccnc12. The van der Waals surface area contributed by atoms with Gasteiger partial charge in [-0.05, 0) is 23.8 Å². The second-order valence-electron chi connectivity index (χ2n) is 3.99. The summed E-state index contributed by atoms with van der Waals surface area (Å²) < 4.78 is 1.03. The van der Waals surface area contributed by atoms with Gasteiger partial charge in [0.2, 0.25) is 0 Å². The van der Waals surface area contributed by atoms with Gasteiger partial charge >= 0.3 is 0 Å². The Morgan fingerprint density at radius 1 is 1.39 bits per heavy atom. The zero-order valence-corrected chi connectivity index (χ0v) is 12.1. The minimum atomic E-state index is -0.652. The monoisotopic (exact) mass is 327 g/mol. The predicted octanol–water partition coefficient (Wildman–Crippen LogP) is 2.58. The van der Waals surface area contributed by atoms with Crippen LogP contribution in [0.15, 0.2) is 34.9 Å². The van der Waals surface area contributed by atoms with Crippen molar-refractivity contribution in [3.63, 3.8) is 0 Å². The van der Waals surface area contributed by atoms with E-state index >= 15 is 0 Å². The van der Waals surface area contributed by atoms with Crippen molar-refractivity contribution in [1.82, 2.24) is 4.98 Å². The lowest BCUT2D eigenvalue weighted by atomic mass is 10.1. The Morgan fingerprint density at radius 3 is 3.00 bits per heavy atom. The molecule has 0 aliphatic heterocycles. The molecule has 0 bridgehead atoms. The maximum Gasteiger partial charge on any atom is 0.0861 e. The van der Waals surface area contributed by atoms with Crippen LogP contribution in [0.3, 0.4) is 0 Å². The Labute approximate surface area is 118 Å². The highest BCUT2D eigenvalue weighted by Gasteiger charge is 2.06. The van der Waals surface area contributed by atoms with Gasteiger partial charge in [-0.2, -0.15) is 11.8 Å². The minimum Gasteiger partial charge on any atom is -0.394 e. The van der Waals surface area contributed by atoms with Crippen LogP contribution in [-0.4, -0.2) is 33.7 Å². The number of aromatic nitrogens is 1. The first-order chi connectivity index (χ1) is 8.70. The molecule has 0 fully saturated rings. The second-order valence-corrected chi connectivity index (χ2v) is 5.94. The number of rotatable bonds is 5. The molecule has 0 saturated heterocycles. The van der Waals surface area contributed by atoms with E-state index in [1.807, 2.05) is 24.3 Å².